The van der Waals surface area contributed by atoms with Crippen LogP contribution in [0.1, 0.15) is 83.4 Å². The van der Waals surface area contributed by atoms with Gasteiger partial charge in [0.05, 0.1) is 40.5 Å². The number of β-amino-alcohol motifs (C(OH)–C–C–N with tert-alkyl or cyclic N) is 1. The van der Waals surface area contributed by atoms with Gasteiger partial charge >= 0.3 is 0 Å². The van der Waals surface area contributed by atoms with Gasteiger partial charge in [0.25, 0.3) is 0 Å². The molecule has 4 aromatic carbocycles. The smallest absolute Gasteiger partial charge is 0.246 e. The molecule has 6 amide bonds. The second kappa shape index (κ2) is 24.6. The molecule has 0 spiro atoms. The van der Waals surface area contributed by atoms with E-state index in [0.29, 0.717) is 92.3 Å². The van der Waals surface area contributed by atoms with Crippen LogP contribution in [0.15, 0.2) is 103 Å². The standard InChI is InChI=1S/C60H68FN9O9S/c1-36-52(80-35-65-36)38-11-9-37(10-12-38)33-64-55(74)48-30-43(71)34-70(48)56(75)53(59(2,3)4)68-51(72)8-6-7-26-63-54(73)39-22-28-69(29-23-39)47-32-46-45(31-50(47)78-5)49(21-27-62-46)79-44-19-17-42(18-20-44)67-58(77)60(24-25-60)57(76)66-41-15-13-40(61)14-16-41/h9-21,27,31-32,35,39,43,48,53,71H,6-8,22-26,28-30,33-34H2,1-5H3,(H,63,73)(H,64,74)(H,66,76)(H,67,77)(H,68,72)/t43-,48+,53-/m1/s1. The number of hydrogen-bond donors (Lipinski definition) is 6. The molecule has 0 radical (unpaired) electrons. The molecule has 1 saturated carbocycles. The van der Waals surface area contributed by atoms with Gasteiger partial charge in [-0.3, -0.25) is 33.8 Å². The van der Waals surface area contributed by atoms with Crippen molar-refractivity contribution < 1.29 is 47.7 Å². The van der Waals surface area contributed by atoms with Gasteiger partial charge in [0, 0.05) is 74.4 Å². The number of amides is 6. The second-order valence-corrected chi connectivity index (χ2v) is 22.8. The number of piperidine rings is 1. The van der Waals surface area contributed by atoms with Crippen LogP contribution in [0.3, 0.4) is 0 Å². The van der Waals surface area contributed by atoms with Crippen molar-refractivity contribution in [2.45, 2.75) is 104 Å². The van der Waals surface area contributed by atoms with E-state index in [2.05, 4.69) is 41.5 Å². The fourth-order valence-corrected chi connectivity index (χ4v) is 11.1. The number of thiazole rings is 1. The Kier molecular flexibility index (Phi) is 17.4. The van der Waals surface area contributed by atoms with Gasteiger partial charge in [-0.1, -0.05) is 45.0 Å². The number of aryl methyl sites for hydroxylation is 1. The molecule has 2 aliphatic heterocycles. The molecule has 2 aromatic heterocycles. The summed E-state index contributed by atoms with van der Waals surface area (Å²) in [4.78, 5) is 94.2. The third-order valence-electron chi connectivity index (χ3n) is 15.1. The van der Waals surface area contributed by atoms with Gasteiger partial charge in [-0.25, -0.2) is 9.37 Å². The van der Waals surface area contributed by atoms with Crippen LogP contribution in [0.4, 0.5) is 21.5 Å². The molecule has 6 N–H and O–H groups in total. The number of anilines is 3. The van der Waals surface area contributed by atoms with Crippen LogP contribution in [0, 0.1) is 29.5 Å². The molecule has 4 heterocycles. The number of carbonyl (C=O) groups is 6. The fourth-order valence-electron chi connectivity index (χ4n) is 10.2. The van der Waals surface area contributed by atoms with E-state index in [1.165, 1.54) is 29.2 Å². The number of halogens is 1. The number of aromatic nitrogens is 2. The van der Waals surface area contributed by atoms with Crippen molar-refractivity contribution >= 4 is 74.7 Å². The summed E-state index contributed by atoms with van der Waals surface area (Å²) in [5.41, 5.74) is 5.23. The lowest BCUT2D eigenvalue weighted by molar-refractivity contribution is -0.144. The number of aliphatic hydroxyl groups excluding tert-OH is 1. The number of aliphatic hydroxyl groups is 1. The number of hydrogen-bond acceptors (Lipinski definition) is 13. The summed E-state index contributed by atoms with van der Waals surface area (Å²) in [7, 11) is 1.60. The Hall–Kier alpha value is -7.97. The fraction of sp³-hybridized carbons (Fsp3) is 0.400. The van der Waals surface area contributed by atoms with Crippen LogP contribution < -0.4 is 41.0 Å². The van der Waals surface area contributed by atoms with Gasteiger partial charge < -0.3 is 51.0 Å². The second-order valence-electron chi connectivity index (χ2n) is 21.9. The first-order valence-corrected chi connectivity index (χ1v) is 28.0. The number of nitrogens with one attached hydrogen (secondary N) is 5. The van der Waals surface area contributed by atoms with Crippen LogP contribution in [-0.2, 0) is 35.3 Å². The zero-order valence-corrected chi connectivity index (χ0v) is 46.4. The Morgan fingerprint density at radius 1 is 0.838 bits per heavy atom. The number of rotatable bonds is 20. The highest BCUT2D eigenvalue weighted by molar-refractivity contribution is 7.13. The quantitative estimate of drug-likeness (QED) is 0.0313. The number of nitrogens with zero attached hydrogens (tertiary/aromatic N) is 4. The molecule has 3 fully saturated rings. The molecular formula is C60H68FN9O9S. The zero-order valence-electron chi connectivity index (χ0n) is 45.6. The molecular weight excluding hydrogens is 1040 g/mol. The third kappa shape index (κ3) is 13.4. The van der Waals surface area contributed by atoms with Gasteiger partial charge in [0.15, 0.2) is 0 Å². The average molecular weight is 1110 g/mol. The third-order valence-corrected chi connectivity index (χ3v) is 16.1. The highest BCUT2D eigenvalue weighted by Crippen LogP contribution is 2.48. The summed E-state index contributed by atoms with van der Waals surface area (Å²) in [6.07, 6.45) is 4.08. The number of carbonyl (C=O) groups excluding carboxylic acids is 6. The predicted molar refractivity (Wildman–Crippen MR) is 304 cm³/mol. The summed E-state index contributed by atoms with van der Waals surface area (Å²) in [5, 5.41) is 25.8. The Morgan fingerprint density at radius 2 is 1.51 bits per heavy atom. The van der Waals surface area contributed by atoms with Crippen molar-refractivity contribution in [1.29, 1.82) is 0 Å². The maximum atomic E-state index is 14.1. The van der Waals surface area contributed by atoms with E-state index < -0.39 is 52.6 Å². The molecule has 9 rings (SSSR count). The maximum absolute atomic E-state index is 14.1. The van der Waals surface area contributed by atoms with Crippen molar-refractivity contribution in [3.8, 4) is 27.7 Å². The SMILES string of the molecule is COc1cc2c(Oc3ccc(NC(=O)C4(C(=O)Nc5ccc(F)cc5)CC4)cc3)ccnc2cc1N1CCC(C(=O)NCCCCC(=O)N[C@H](C(=O)N2C[C@H](O)C[C@H]2C(=O)NCc2ccc(-c3scnc3C)cc2)C(C)(C)C)CC1. The normalized spacial score (nSPS) is 17.3. The van der Waals surface area contributed by atoms with Crippen molar-refractivity contribution in [2.75, 3.05) is 48.8 Å². The Balaban J connectivity index is 0.706. The van der Waals surface area contributed by atoms with Crippen molar-refractivity contribution in [3.63, 3.8) is 0 Å². The lowest BCUT2D eigenvalue weighted by Gasteiger charge is -2.35. The van der Waals surface area contributed by atoms with E-state index in [1.807, 2.05) is 69.6 Å². The van der Waals surface area contributed by atoms with Crippen LogP contribution in [0.2, 0.25) is 0 Å². The Bertz CT molecular complexity index is 3230. The molecule has 20 heteroatoms. The largest absolute Gasteiger partial charge is 0.495 e. The zero-order chi connectivity index (χ0) is 56.7. The highest BCUT2D eigenvalue weighted by Gasteiger charge is 2.56. The molecule has 3 aliphatic rings. The molecule has 420 valence electrons. The van der Waals surface area contributed by atoms with E-state index >= 15 is 0 Å². The van der Waals surface area contributed by atoms with Gasteiger partial charge in [-0.15, -0.1) is 11.3 Å². The first-order valence-electron chi connectivity index (χ1n) is 27.1. The summed E-state index contributed by atoms with van der Waals surface area (Å²) in [6, 6.07) is 23.8. The summed E-state index contributed by atoms with van der Waals surface area (Å²) in [5.74, 6) is -0.964. The predicted octanol–water partition coefficient (Wildman–Crippen LogP) is 8.28. The maximum Gasteiger partial charge on any atom is 0.246 e. The van der Waals surface area contributed by atoms with E-state index in [-0.39, 0.29) is 49.6 Å². The minimum atomic E-state index is -1.20. The molecule has 1 aliphatic carbocycles. The van der Waals surface area contributed by atoms with Crippen LogP contribution >= 0.6 is 11.3 Å². The number of benzene rings is 4. The van der Waals surface area contributed by atoms with Gasteiger partial charge in [0.2, 0.25) is 35.4 Å². The molecule has 80 heavy (non-hydrogen) atoms. The monoisotopic (exact) mass is 1110 g/mol. The summed E-state index contributed by atoms with van der Waals surface area (Å²) >= 11 is 1.57. The minimum absolute atomic E-state index is 0.0191. The number of likely N-dealkylation sites (tertiary alicyclic amines) is 1. The van der Waals surface area contributed by atoms with Crippen LogP contribution in [0.25, 0.3) is 21.3 Å². The molecule has 0 unspecified atom stereocenters. The van der Waals surface area contributed by atoms with E-state index in [9.17, 15) is 38.3 Å². The lowest BCUT2D eigenvalue weighted by Crippen LogP contribution is -2.57. The van der Waals surface area contributed by atoms with Crippen LogP contribution in [0.5, 0.6) is 17.2 Å². The first-order chi connectivity index (χ1) is 38.4. The first kappa shape index (κ1) is 56.7. The minimum Gasteiger partial charge on any atom is -0.495 e. The number of pyridine rings is 1. The van der Waals surface area contributed by atoms with E-state index in [4.69, 9.17) is 9.47 Å². The summed E-state index contributed by atoms with van der Waals surface area (Å²) in [6.45, 7) is 9.35. The lowest BCUT2D eigenvalue weighted by atomic mass is 9.85. The topological polar surface area (TPSA) is 234 Å². The molecule has 0 bridgehead atoms. The van der Waals surface area contributed by atoms with Crippen molar-refractivity contribution in [3.05, 3.63) is 120 Å². The van der Waals surface area contributed by atoms with E-state index in [1.54, 1.807) is 55.0 Å². The van der Waals surface area contributed by atoms with Gasteiger partial charge in [-0.05, 0) is 129 Å². The number of ether oxygens (including phenoxy) is 2. The molecule has 3 atom stereocenters. The van der Waals surface area contributed by atoms with Crippen molar-refractivity contribution in [2.24, 2.45) is 16.7 Å². The molecule has 6 aromatic rings. The summed E-state index contributed by atoms with van der Waals surface area (Å²) < 4.78 is 25.5. The highest BCUT2D eigenvalue weighted by atomic mass is 32.1. The number of methoxy groups -OCH3 is 1. The van der Waals surface area contributed by atoms with Crippen molar-refractivity contribution in [1.82, 2.24) is 30.8 Å². The number of unbranched alkanes of at least 4 members (excludes halogenated alkanes) is 1. The van der Waals surface area contributed by atoms with Gasteiger partial charge in [-0.2, -0.15) is 0 Å². The van der Waals surface area contributed by atoms with Crippen LogP contribution in [-0.4, -0.2) is 107 Å². The van der Waals surface area contributed by atoms with E-state index in [0.717, 1.165) is 32.8 Å². The Labute approximate surface area is 468 Å². The number of fused-ring (bicyclic) bond motifs is 1. The molecule has 18 nitrogen and oxygen atoms in total. The van der Waals surface area contributed by atoms with Gasteiger partial charge in [0.1, 0.15) is 40.6 Å². The Morgan fingerprint density at radius 3 is 2.14 bits per heavy atom. The molecule has 2 saturated heterocycles. The average Bonchev–Trinajstić information content (AvgIpc) is 4.05.